The zero-order chi connectivity index (χ0) is 10.2. The summed E-state index contributed by atoms with van der Waals surface area (Å²) in [5.74, 6) is 1.01. The summed E-state index contributed by atoms with van der Waals surface area (Å²) >= 11 is 0. The average Bonchev–Trinajstić information content (AvgIpc) is 2.95. The van der Waals surface area contributed by atoms with Gasteiger partial charge in [0.15, 0.2) is 0 Å². The van der Waals surface area contributed by atoms with Gasteiger partial charge in [0.25, 0.3) is 0 Å². The Morgan fingerprint density at radius 1 is 1.36 bits per heavy atom. The molecule has 14 heavy (non-hydrogen) atoms. The SMILES string of the molecule is CCNC(C)CCCOCCC1CC1. The molecule has 1 unspecified atom stereocenters. The molecule has 1 saturated carbocycles. The van der Waals surface area contributed by atoms with Crippen molar-refractivity contribution in [1.29, 1.82) is 0 Å². The molecule has 0 heterocycles. The van der Waals surface area contributed by atoms with Crippen LogP contribution in [0.2, 0.25) is 0 Å². The van der Waals surface area contributed by atoms with Gasteiger partial charge in [0, 0.05) is 19.3 Å². The van der Waals surface area contributed by atoms with Crippen molar-refractivity contribution >= 4 is 0 Å². The molecule has 0 bridgehead atoms. The third-order valence-electron chi connectivity index (χ3n) is 2.85. The van der Waals surface area contributed by atoms with E-state index in [1.807, 2.05) is 0 Å². The van der Waals surface area contributed by atoms with Gasteiger partial charge in [-0.25, -0.2) is 0 Å². The van der Waals surface area contributed by atoms with Crippen LogP contribution < -0.4 is 5.32 Å². The van der Waals surface area contributed by atoms with E-state index < -0.39 is 0 Å². The third-order valence-corrected chi connectivity index (χ3v) is 2.85. The van der Waals surface area contributed by atoms with Crippen molar-refractivity contribution in [3.05, 3.63) is 0 Å². The summed E-state index contributed by atoms with van der Waals surface area (Å²) in [5, 5.41) is 3.41. The predicted molar refractivity (Wildman–Crippen MR) is 60.5 cm³/mol. The van der Waals surface area contributed by atoms with Crippen molar-refractivity contribution in [1.82, 2.24) is 5.32 Å². The van der Waals surface area contributed by atoms with E-state index in [4.69, 9.17) is 4.74 Å². The van der Waals surface area contributed by atoms with Crippen LogP contribution in [0.4, 0.5) is 0 Å². The largest absolute Gasteiger partial charge is 0.381 e. The minimum atomic E-state index is 0.645. The number of rotatable bonds is 9. The lowest BCUT2D eigenvalue weighted by atomic mass is 10.2. The molecule has 0 radical (unpaired) electrons. The molecular weight excluding hydrogens is 174 g/mol. The molecule has 84 valence electrons. The molecule has 0 aromatic rings. The molecule has 2 nitrogen and oxygen atoms in total. The lowest BCUT2D eigenvalue weighted by Gasteiger charge is -2.11. The van der Waals surface area contributed by atoms with Gasteiger partial charge in [-0.05, 0) is 38.6 Å². The molecule has 0 aromatic heterocycles. The first kappa shape index (κ1) is 12.0. The topological polar surface area (TPSA) is 21.3 Å². The molecule has 1 atom stereocenters. The van der Waals surface area contributed by atoms with Crippen molar-refractivity contribution in [2.45, 2.75) is 52.0 Å². The number of hydrogen-bond acceptors (Lipinski definition) is 2. The zero-order valence-electron chi connectivity index (χ0n) is 9.72. The summed E-state index contributed by atoms with van der Waals surface area (Å²) in [6, 6.07) is 0.645. The van der Waals surface area contributed by atoms with Crippen LogP contribution in [-0.4, -0.2) is 25.8 Å². The fraction of sp³-hybridized carbons (Fsp3) is 1.00. The Morgan fingerprint density at radius 2 is 2.14 bits per heavy atom. The van der Waals surface area contributed by atoms with E-state index in [-0.39, 0.29) is 0 Å². The predicted octanol–water partition coefficient (Wildman–Crippen LogP) is 2.58. The second kappa shape index (κ2) is 7.24. The maximum absolute atomic E-state index is 5.59. The van der Waals surface area contributed by atoms with Gasteiger partial charge in [0.2, 0.25) is 0 Å². The highest BCUT2D eigenvalue weighted by atomic mass is 16.5. The highest BCUT2D eigenvalue weighted by molar-refractivity contribution is 4.72. The molecule has 0 aromatic carbocycles. The van der Waals surface area contributed by atoms with E-state index in [2.05, 4.69) is 19.2 Å². The van der Waals surface area contributed by atoms with Crippen molar-refractivity contribution < 1.29 is 4.74 Å². The second-order valence-corrected chi connectivity index (χ2v) is 4.45. The summed E-state index contributed by atoms with van der Waals surface area (Å²) in [7, 11) is 0. The fourth-order valence-corrected chi connectivity index (χ4v) is 1.70. The number of hydrogen-bond donors (Lipinski definition) is 1. The van der Waals surface area contributed by atoms with Crippen LogP contribution >= 0.6 is 0 Å². The molecule has 1 rings (SSSR count). The van der Waals surface area contributed by atoms with Gasteiger partial charge in [-0.15, -0.1) is 0 Å². The Hall–Kier alpha value is -0.0800. The molecular formula is C12H25NO. The molecule has 1 N–H and O–H groups in total. The highest BCUT2D eigenvalue weighted by Crippen LogP contribution is 2.32. The van der Waals surface area contributed by atoms with Crippen LogP contribution in [0.5, 0.6) is 0 Å². The standard InChI is InChI=1S/C12H25NO/c1-3-13-11(2)5-4-9-14-10-8-12-6-7-12/h11-13H,3-10H2,1-2H3. The number of nitrogens with one attached hydrogen (secondary N) is 1. The maximum Gasteiger partial charge on any atom is 0.0468 e. The number of ether oxygens (including phenoxy) is 1. The Balaban J connectivity index is 1.74. The first-order valence-corrected chi connectivity index (χ1v) is 6.14. The van der Waals surface area contributed by atoms with E-state index in [0.29, 0.717) is 6.04 Å². The molecule has 0 saturated heterocycles. The van der Waals surface area contributed by atoms with Gasteiger partial charge >= 0.3 is 0 Å². The molecule has 1 aliphatic rings. The van der Waals surface area contributed by atoms with Gasteiger partial charge in [-0.3, -0.25) is 0 Å². The first-order valence-electron chi connectivity index (χ1n) is 6.14. The van der Waals surface area contributed by atoms with E-state index in [9.17, 15) is 0 Å². The summed E-state index contributed by atoms with van der Waals surface area (Å²) in [6.07, 6.45) is 6.61. The summed E-state index contributed by atoms with van der Waals surface area (Å²) in [5.41, 5.74) is 0. The molecule has 1 fully saturated rings. The summed E-state index contributed by atoms with van der Waals surface area (Å²) in [6.45, 7) is 7.41. The minimum absolute atomic E-state index is 0.645. The van der Waals surface area contributed by atoms with Crippen LogP contribution in [0.3, 0.4) is 0 Å². The van der Waals surface area contributed by atoms with Crippen molar-refractivity contribution in [3.8, 4) is 0 Å². The van der Waals surface area contributed by atoms with E-state index >= 15 is 0 Å². The van der Waals surface area contributed by atoms with Gasteiger partial charge in [0.05, 0.1) is 0 Å². The normalized spacial score (nSPS) is 18.4. The fourth-order valence-electron chi connectivity index (χ4n) is 1.70. The van der Waals surface area contributed by atoms with Gasteiger partial charge in [-0.1, -0.05) is 19.8 Å². The minimum Gasteiger partial charge on any atom is -0.381 e. The molecule has 0 amide bonds. The Labute approximate surface area is 88.4 Å². The van der Waals surface area contributed by atoms with Crippen molar-refractivity contribution in [3.63, 3.8) is 0 Å². The molecule has 0 aliphatic heterocycles. The van der Waals surface area contributed by atoms with Crippen LogP contribution in [0.15, 0.2) is 0 Å². The Bertz CT molecular complexity index is 134. The van der Waals surface area contributed by atoms with Crippen LogP contribution in [0.1, 0.15) is 46.0 Å². The average molecular weight is 199 g/mol. The summed E-state index contributed by atoms with van der Waals surface area (Å²) < 4.78 is 5.59. The lowest BCUT2D eigenvalue weighted by Crippen LogP contribution is -2.25. The van der Waals surface area contributed by atoms with Crippen LogP contribution in [0.25, 0.3) is 0 Å². The molecule has 1 aliphatic carbocycles. The molecule has 2 heteroatoms. The second-order valence-electron chi connectivity index (χ2n) is 4.45. The summed E-state index contributed by atoms with van der Waals surface area (Å²) in [4.78, 5) is 0. The Morgan fingerprint density at radius 3 is 2.79 bits per heavy atom. The third kappa shape index (κ3) is 6.39. The van der Waals surface area contributed by atoms with Crippen LogP contribution in [0, 0.1) is 5.92 Å². The van der Waals surface area contributed by atoms with Crippen molar-refractivity contribution in [2.75, 3.05) is 19.8 Å². The smallest absolute Gasteiger partial charge is 0.0468 e. The highest BCUT2D eigenvalue weighted by Gasteiger charge is 2.20. The zero-order valence-corrected chi connectivity index (χ0v) is 9.72. The lowest BCUT2D eigenvalue weighted by molar-refractivity contribution is 0.123. The first-order chi connectivity index (χ1) is 6.83. The van der Waals surface area contributed by atoms with Gasteiger partial charge in [-0.2, -0.15) is 0 Å². The van der Waals surface area contributed by atoms with Gasteiger partial charge in [0.1, 0.15) is 0 Å². The molecule has 0 spiro atoms. The van der Waals surface area contributed by atoms with Crippen LogP contribution in [-0.2, 0) is 4.74 Å². The van der Waals surface area contributed by atoms with E-state index in [1.165, 1.54) is 32.1 Å². The Kier molecular flexibility index (Phi) is 6.20. The quantitative estimate of drug-likeness (QED) is 0.576. The van der Waals surface area contributed by atoms with Gasteiger partial charge < -0.3 is 10.1 Å². The van der Waals surface area contributed by atoms with E-state index in [0.717, 1.165) is 25.7 Å². The van der Waals surface area contributed by atoms with E-state index in [1.54, 1.807) is 0 Å². The monoisotopic (exact) mass is 199 g/mol. The maximum atomic E-state index is 5.59. The van der Waals surface area contributed by atoms with Crippen molar-refractivity contribution in [2.24, 2.45) is 5.92 Å².